The smallest absolute Gasteiger partial charge is 0.155 e. The van der Waals surface area contributed by atoms with Crippen molar-refractivity contribution in [1.29, 1.82) is 0 Å². The van der Waals surface area contributed by atoms with Gasteiger partial charge in [-0.05, 0) is 48.7 Å². The van der Waals surface area contributed by atoms with Crippen LogP contribution in [0.1, 0.15) is 50.9 Å². The zero-order chi connectivity index (χ0) is 14.5. The molecule has 2 heterocycles. The van der Waals surface area contributed by atoms with E-state index in [1.54, 1.807) is 0 Å². The van der Waals surface area contributed by atoms with Crippen molar-refractivity contribution in [2.45, 2.75) is 65.0 Å². The number of rotatable bonds is 5. The second-order valence-corrected chi connectivity index (χ2v) is 6.17. The number of ketones is 1. The van der Waals surface area contributed by atoms with E-state index < -0.39 is 0 Å². The molecule has 112 valence electrons. The first-order chi connectivity index (χ1) is 9.67. The Balaban J connectivity index is 2.12. The molecule has 1 saturated heterocycles. The van der Waals surface area contributed by atoms with E-state index in [1.165, 1.54) is 12.8 Å². The second-order valence-electron chi connectivity index (χ2n) is 5.38. The van der Waals surface area contributed by atoms with Gasteiger partial charge in [0.25, 0.3) is 0 Å². The van der Waals surface area contributed by atoms with Crippen molar-refractivity contribution in [1.82, 2.24) is 15.1 Å². The van der Waals surface area contributed by atoms with E-state index in [2.05, 4.69) is 40.2 Å². The fourth-order valence-electron chi connectivity index (χ4n) is 2.78. The molecule has 0 radical (unpaired) electrons. The first-order valence-electron chi connectivity index (χ1n) is 7.67. The Morgan fingerprint density at radius 2 is 2.20 bits per heavy atom. The van der Waals surface area contributed by atoms with Crippen molar-refractivity contribution in [3.05, 3.63) is 15.9 Å². The summed E-state index contributed by atoms with van der Waals surface area (Å²) in [7, 11) is 0. The molecule has 1 N–H and O–H groups in total. The molecule has 1 aliphatic rings. The number of aryl methyl sites for hydroxylation is 2. The fraction of sp³-hybridized carbons (Fsp3) is 0.733. The van der Waals surface area contributed by atoms with Gasteiger partial charge in [-0.25, -0.2) is 0 Å². The van der Waals surface area contributed by atoms with Gasteiger partial charge in [0, 0.05) is 6.54 Å². The Bertz CT molecular complexity index is 462. The zero-order valence-electron chi connectivity index (χ0n) is 12.4. The van der Waals surface area contributed by atoms with Gasteiger partial charge in [-0.3, -0.25) is 9.48 Å². The highest BCUT2D eigenvalue weighted by molar-refractivity contribution is 9.10. The third kappa shape index (κ3) is 3.50. The number of Topliss-reactive ketones (excluding diaryl/α,β-unsaturated/α-hetero) is 1. The van der Waals surface area contributed by atoms with Crippen LogP contribution < -0.4 is 5.32 Å². The van der Waals surface area contributed by atoms with Crippen LogP contribution in [0.15, 0.2) is 4.47 Å². The molecular formula is C15H24BrN3O. The Hall–Kier alpha value is -0.680. The highest BCUT2D eigenvalue weighted by Gasteiger charge is 2.23. The summed E-state index contributed by atoms with van der Waals surface area (Å²) in [5.41, 5.74) is 2.07. The monoisotopic (exact) mass is 341 g/mol. The number of hydrogen-bond acceptors (Lipinski definition) is 3. The number of nitrogens with zero attached hydrogens (tertiary/aromatic N) is 2. The zero-order valence-corrected chi connectivity index (χ0v) is 14.0. The minimum absolute atomic E-state index is 0.0229. The minimum Gasteiger partial charge on any atom is -0.307 e. The van der Waals surface area contributed by atoms with Crippen molar-refractivity contribution >= 4 is 21.7 Å². The molecule has 0 spiro atoms. The maximum atomic E-state index is 12.5. The lowest BCUT2D eigenvalue weighted by atomic mass is 10.0. The second kappa shape index (κ2) is 7.36. The SMILES string of the molecule is CCc1nn(CC)c(CC(=O)C2CCCCCN2)c1Br. The van der Waals surface area contributed by atoms with Gasteiger partial charge in [-0.1, -0.05) is 19.8 Å². The predicted molar refractivity (Wildman–Crippen MR) is 83.9 cm³/mol. The van der Waals surface area contributed by atoms with E-state index in [-0.39, 0.29) is 6.04 Å². The van der Waals surface area contributed by atoms with Gasteiger partial charge in [0.2, 0.25) is 0 Å². The van der Waals surface area contributed by atoms with Crippen molar-refractivity contribution < 1.29 is 4.79 Å². The summed E-state index contributed by atoms with van der Waals surface area (Å²) >= 11 is 3.62. The van der Waals surface area contributed by atoms with E-state index in [9.17, 15) is 4.79 Å². The third-order valence-electron chi connectivity index (χ3n) is 3.98. The molecule has 1 aromatic heterocycles. The summed E-state index contributed by atoms with van der Waals surface area (Å²) in [4.78, 5) is 12.5. The number of carbonyl (C=O) groups is 1. The molecule has 1 aromatic rings. The number of carbonyl (C=O) groups excluding carboxylic acids is 1. The molecule has 1 fully saturated rings. The Morgan fingerprint density at radius 3 is 2.90 bits per heavy atom. The highest BCUT2D eigenvalue weighted by atomic mass is 79.9. The lowest BCUT2D eigenvalue weighted by Crippen LogP contribution is -2.37. The van der Waals surface area contributed by atoms with Gasteiger partial charge < -0.3 is 5.32 Å². The van der Waals surface area contributed by atoms with Crippen LogP contribution in [-0.2, 0) is 24.2 Å². The first-order valence-corrected chi connectivity index (χ1v) is 8.46. The highest BCUT2D eigenvalue weighted by Crippen LogP contribution is 2.24. The fourth-order valence-corrected chi connectivity index (χ4v) is 3.48. The van der Waals surface area contributed by atoms with Crippen LogP contribution in [0.25, 0.3) is 0 Å². The standard InChI is InChI=1S/C15H24BrN3O/c1-3-11-15(16)13(19(4-2)18-11)10-14(20)12-8-6-5-7-9-17-12/h12,17H,3-10H2,1-2H3. The number of halogens is 1. The van der Waals surface area contributed by atoms with Gasteiger partial charge in [0.05, 0.1) is 28.3 Å². The molecule has 4 nitrogen and oxygen atoms in total. The molecule has 1 unspecified atom stereocenters. The summed E-state index contributed by atoms with van der Waals surface area (Å²) in [6, 6.07) is 0.0229. The van der Waals surface area contributed by atoms with Crippen LogP contribution in [0.3, 0.4) is 0 Å². The van der Waals surface area contributed by atoms with Gasteiger partial charge in [-0.2, -0.15) is 5.10 Å². The molecule has 20 heavy (non-hydrogen) atoms. The van der Waals surface area contributed by atoms with Crippen molar-refractivity contribution in [2.75, 3.05) is 6.54 Å². The summed E-state index contributed by atoms with van der Waals surface area (Å²) < 4.78 is 2.97. The lowest BCUT2D eigenvalue weighted by Gasteiger charge is -2.15. The quantitative estimate of drug-likeness (QED) is 0.895. The third-order valence-corrected chi connectivity index (χ3v) is 4.90. The molecule has 0 aliphatic carbocycles. The molecule has 1 aliphatic heterocycles. The summed E-state index contributed by atoms with van der Waals surface area (Å²) in [5.74, 6) is 0.296. The van der Waals surface area contributed by atoms with Crippen molar-refractivity contribution in [3.8, 4) is 0 Å². The summed E-state index contributed by atoms with van der Waals surface area (Å²) in [5, 5.41) is 7.95. The van der Waals surface area contributed by atoms with Gasteiger partial charge >= 0.3 is 0 Å². The lowest BCUT2D eigenvalue weighted by molar-refractivity contribution is -0.120. The van der Waals surface area contributed by atoms with Crippen LogP contribution >= 0.6 is 15.9 Å². The van der Waals surface area contributed by atoms with Gasteiger partial charge in [0.1, 0.15) is 0 Å². The largest absolute Gasteiger partial charge is 0.307 e. The van der Waals surface area contributed by atoms with Crippen molar-refractivity contribution in [3.63, 3.8) is 0 Å². The number of hydrogen-bond donors (Lipinski definition) is 1. The van der Waals surface area contributed by atoms with Crippen LogP contribution in [0, 0.1) is 0 Å². The van der Waals surface area contributed by atoms with Gasteiger partial charge in [0.15, 0.2) is 5.78 Å². The molecule has 1 atom stereocenters. The summed E-state index contributed by atoms with van der Waals surface area (Å²) in [6.07, 6.45) is 5.89. The van der Waals surface area contributed by atoms with Crippen LogP contribution in [0.2, 0.25) is 0 Å². The average molecular weight is 342 g/mol. The molecule has 2 rings (SSSR count). The van der Waals surface area contributed by atoms with Crippen LogP contribution in [0.5, 0.6) is 0 Å². The number of nitrogens with one attached hydrogen (secondary N) is 1. The van der Waals surface area contributed by atoms with E-state index in [1.807, 2.05) is 4.68 Å². The topological polar surface area (TPSA) is 46.9 Å². The predicted octanol–water partition coefficient (Wildman–Crippen LogP) is 2.87. The van der Waals surface area contributed by atoms with E-state index in [0.29, 0.717) is 12.2 Å². The molecule has 0 bridgehead atoms. The van der Waals surface area contributed by atoms with E-state index in [4.69, 9.17) is 0 Å². The Kier molecular flexibility index (Phi) is 5.78. The Morgan fingerprint density at radius 1 is 1.40 bits per heavy atom. The van der Waals surface area contributed by atoms with Crippen LogP contribution in [0.4, 0.5) is 0 Å². The molecule has 5 heteroatoms. The van der Waals surface area contributed by atoms with Crippen molar-refractivity contribution in [2.24, 2.45) is 0 Å². The minimum atomic E-state index is 0.0229. The van der Waals surface area contributed by atoms with E-state index >= 15 is 0 Å². The maximum Gasteiger partial charge on any atom is 0.155 e. The average Bonchev–Trinajstić information content (AvgIpc) is 2.65. The first kappa shape index (κ1) is 15.7. The molecule has 0 amide bonds. The maximum absolute atomic E-state index is 12.5. The molecule has 0 saturated carbocycles. The molecular weight excluding hydrogens is 318 g/mol. The summed E-state index contributed by atoms with van der Waals surface area (Å²) in [6.45, 7) is 5.92. The van der Waals surface area contributed by atoms with Crippen LogP contribution in [-0.4, -0.2) is 28.2 Å². The normalized spacial score (nSPS) is 19.9. The Labute approximate surface area is 129 Å². The number of aromatic nitrogens is 2. The van der Waals surface area contributed by atoms with Gasteiger partial charge in [-0.15, -0.1) is 0 Å². The van der Waals surface area contributed by atoms with E-state index in [0.717, 1.165) is 48.2 Å². The molecule has 0 aromatic carbocycles.